The van der Waals surface area contributed by atoms with E-state index >= 15 is 0 Å². The second-order valence-electron chi connectivity index (χ2n) is 6.38. The van der Waals surface area contributed by atoms with Crippen molar-refractivity contribution in [2.24, 2.45) is 0 Å². The summed E-state index contributed by atoms with van der Waals surface area (Å²) in [6, 6.07) is 9.75. The zero-order valence-electron chi connectivity index (χ0n) is 14.9. The van der Waals surface area contributed by atoms with Crippen molar-refractivity contribution in [3.8, 4) is 11.1 Å². The van der Waals surface area contributed by atoms with Crippen molar-refractivity contribution in [1.82, 2.24) is 25.3 Å². The Morgan fingerprint density at radius 1 is 1.25 bits per heavy atom. The van der Waals surface area contributed by atoms with Gasteiger partial charge in [-0.05, 0) is 41.6 Å². The number of aromatic amines is 1. The lowest BCUT2D eigenvalue weighted by atomic mass is 10.1. The Balaban J connectivity index is 1.52. The minimum absolute atomic E-state index is 0.166. The largest absolute Gasteiger partial charge is 0.480 e. The van der Waals surface area contributed by atoms with E-state index in [-0.39, 0.29) is 6.54 Å². The van der Waals surface area contributed by atoms with Gasteiger partial charge in [-0.25, -0.2) is 0 Å². The molecule has 1 aliphatic rings. The Hall–Kier alpha value is -3.65. The second-order valence-corrected chi connectivity index (χ2v) is 6.38. The normalized spacial score (nSPS) is 18.1. The van der Waals surface area contributed by atoms with Crippen LogP contribution < -0.4 is 5.32 Å². The van der Waals surface area contributed by atoms with Crippen LogP contribution in [0.25, 0.3) is 11.1 Å². The first-order valence-corrected chi connectivity index (χ1v) is 8.74. The van der Waals surface area contributed by atoms with E-state index < -0.39 is 11.7 Å². The molecule has 8 nitrogen and oxygen atoms in total. The highest BCUT2D eigenvalue weighted by molar-refractivity contribution is 5.67. The van der Waals surface area contributed by atoms with Crippen molar-refractivity contribution in [2.45, 2.75) is 18.9 Å². The van der Waals surface area contributed by atoms with Crippen molar-refractivity contribution < 1.29 is 14.6 Å². The Morgan fingerprint density at radius 3 is 2.93 bits per heavy atom. The van der Waals surface area contributed by atoms with Gasteiger partial charge in [-0.15, -0.1) is 0 Å². The number of nitrogens with one attached hydrogen (secondary N) is 2. The third-order valence-electron chi connectivity index (χ3n) is 4.39. The minimum atomic E-state index is -0.928. The number of aliphatic carboxylic acids is 1. The van der Waals surface area contributed by atoms with E-state index in [2.05, 4.69) is 20.6 Å². The maximum Gasteiger partial charge on any atom is 0.325 e. The molecule has 0 bridgehead atoms. The molecule has 0 spiro atoms. The fourth-order valence-electron chi connectivity index (χ4n) is 3.04. The van der Waals surface area contributed by atoms with Crippen molar-refractivity contribution >= 4 is 5.97 Å². The average Bonchev–Trinajstić information content (AvgIpc) is 3.39. The fourth-order valence-corrected chi connectivity index (χ4v) is 3.04. The summed E-state index contributed by atoms with van der Waals surface area (Å²) in [5.74, 6) is -0.928. The second kappa shape index (κ2) is 7.53. The van der Waals surface area contributed by atoms with Crippen LogP contribution in [-0.2, 0) is 28.4 Å². The van der Waals surface area contributed by atoms with E-state index in [9.17, 15) is 4.79 Å². The fraction of sp³-hybridized carbons (Fsp3) is 0.150. The van der Waals surface area contributed by atoms with Crippen LogP contribution >= 0.6 is 0 Å². The highest BCUT2D eigenvalue weighted by Crippen LogP contribution is 2.27. The van der Waals surface area contributed by atoms with Gasteiger partial charge in [0.05, 0.1) is 18.5 Å². The topological polar surface area (TPSA) is 105 Å². The predicted molar refractivity (Wildman–Crippen MR) is 102 cm³/mol. The molecular formula is C20H19N5O3. The van der Waals surface area contributed by atoms with Gasteiger partial charge in [-0.1, -0.05) is 24.3 Å². The molecule has 1 aliphatic heterocycles. The van der Waals surface area contributed by atoms with Crippen molar-refractivity contribution in [3.63, 3.8) is 0 Å². The SMILES string of the molecule is O=C(O)Cn1cc(-c2cccc(COC3(c4ccn[nH]4)C=CC=CN3)c2)cn1. The molecule has 8 heteroatoms. The Kier molecular flexibility index (Phi) is 4.77. The molecule has 0 amide bonds. The monoisotopic (exact) mass is 377 g/mol. The van der Waals surface area contributed by atoms with Gasteiger partial charge in [0.25, 0.3) is 0 Å². The van der Waals surface area contributed by atoms with E-state index in [1.165, 1.54) is 4.68 Å². The lowest BCUT2D eigenvalue weighted by Gasteiger charge is -2.31. The molecule has 3 N–H and O–H groups in total. The van der Waals surface area contributed by atoms with Crippen molar-refractivity contribution in [3.05, 3.63) is 84.6 Å². The summed E-state index contributed by atoms with van der Waals surface area (Å²) in [6.45, 7) is 0.197. The summed E-state index contributed by atoms with van der Waals surface area (Å²) in [5, 5.41) is 23.2. The van der Waals surface area contributed by atoms with Crippen LogP contribution in [-0.4, -0.2) is 31.1 Å². The average molecular weight is 377 g/mol. The van der Waals surface area contributed by atoms with Gasteiger partial charge < -0.3 is 15.2 Å². The van der Waals surface area contributed by atoms with E-state index in [1.807, 2.05) is 54.8 Å². The first kappa shape index (κ1) is 17.7. The number of hydrogen-bond donors (Lipinski definition) is 3. The number of rotatable bonds is 7. The van der Waals surface area contributed by atoms with Crippen molar-refractivity contribution in [2.75, 3.05) is 0 Å². The van der Waals surface area contributed by atoms with Gasteiger partial charge >= 0.3 is 5.97 Å². The summed E-state index contributed by atoms with van der Waals surface area (Å²) in [7, 11) is 0. The highest BCUT2D eigenvalue weighted by Gasteiger charge is 2.31. The van der Waals surface area contributed by atoms with Crippen LogP contribution in [0.5, 0.6) is 0 Å². The van der Waals surface area contributed by atoms with Crippen LogP contribution in [0.1, 0.15) is 11.3 Å². The minimum Gasteiger partial charge on any atom is -0.480 e. The van der Waals surface area contributed by atoms with Gasteiger partial charge in [-0.3, -0.25) is 14.6 Å². The Bertz CT molecular complexity index is 1020. The number of nitrogens with zero attached hydrogens (tertiary/aromatic N) is 3. The van der Waals surface area contributed by atoms with Crippen LogP contribution in [0.15, 0.2) is 73.4 Å². The van der Waals surface area contributed by atoms with Gasteiger partial charge in [0.1, 0.15) is 6.54 Å². The zero-order chi connectivity index (χ0) is 19.4. The molecule has 0 radical (unpaired) electrons. The number of dihydropyridines is 1. The number of allylic oxidation sites excluding steroid dienone is 2. The van der Waals surface area contributed by atoms with E-state index in [1.54, 1.807) is 18.6 Å². The molecule has 1 aromatic carbocycles. The van der Waals surface area contributed by atoms with Crippen LogP contribution in [0.2, 0.25) is 0 Å². The molecule has 142 valence electrons. The predicted octanol–water partition coefficient (Wildman–Crippen LogP) is 2.40. The van der Waals surface area contributed by atoms with E-state index in [0.717, 1.165) is 22.4 Å². The molecule has 1 atom stereocenters. The van der Waals surface area contributed by atoms with E-state index in [4.69, 9.17) is 9.84 Å². The number of carboxylic acids is 1. The number of aromatic nitrogens is 4. The van der Waals surface area contributed by atoms with Gasteiger partial charge in [0, 0.05) is 18.0 Å². The molecule has 4 rings (SSSR count). The van der Waals surface area contributed by atoms with Crippen molar-refractivity contribution in [1.29, 1.82) is 0 Å². The number of ether oxygens (including phenoxy) is 1. The quantitative estimate of drug-likeness (QED) is 0.584. The number of carbonyl (C=O) groups is 1. The molecule has 28 heavy (non-hydrogen) atoms. The summed E-state index contributed by atoms with van der Waals surface area (Å²) in [6.07, 6.45) is 12.6. The molecule has 2 aromatic heterocycles. The molecule has 0 saturated heterocycles. The van der Waals surface area contributed by atoms with Gasteiger partial charge in [-0.2, -0.15) is 10.2 Å². The summed E-state index contributed by atoms with van der Waals surface area (Å²) in [4.78, 5) is 10.8. The zero-order valence-corrected chi connectivity index (χ0v) is 14.9. The smallest absolute Gasteiger partial charge is 0.325 e. The molecule has 3 aromatic rings. The molecule has 0 saturated carbocycles. The van der Waals surface area contributed by atoms with Crippen LogP contribution in [0.3, 0.4) is 0 Å². The molecule has 3 heterocycles. The van der Waals surface area contributed by atoms with Gasteiger partial charge in [0.2, 0.25) is 5.72 Å². The number of hydrogen-bond acceptors (Lipinski definition) is 5. The lowest BCUT2D eigenvalue weighted by molar-refractivity contribution is -0.137. The standard InChI is InChI=1S/C20H19N5O3/c26-19(27)13-25-12-17(11-23-25)16-5-3-4-15(10-16)14-28-20(7-1-2-8-21-20)18-6-9-22-24-18/h1-12,21H,13-14H2,(H,22,24)(H,26,27). The summed E-state index contributed by atoms with van der Waals surface area (Å²) < 4.78 is 7.63. The Labute approximate surface area is 161 Å². The first-order chi connectivity index (χ1) is 13.6. The number of H-pyrrole nitrogens is 1. The molecular weight excluding hydrogens is 358 g/mol. The molecule has 1 unspecified atom stereocenters. The van der Waals surface area contributed by atoms with E-state index in [0.29, 0.717) is 6.61 Å². The lowest BCUT2D eigenvalue weighted by Crippen LogP contribution is -2.41. The van der Waals surface area contributed by atoms with Crippen LogP contribution in [0.4, 0.5) is 0 Å². The summed E-state index contributed by atoms with van der Waals surface area (Å²) >= 11 is 0. The van der Waals surface area contributed by atoms with Gasteiger partial charge in [0.15, 0.2) is 0 Å². The third-order valence-corrected chi connectivity index (χ3v) is 4.39. The maximum atomic E-state index is 10.8. The molecule has 0 aliphatic carbocycles. The van der Waals surface area contributed by atoms with Crippen LogP contribution in [0, 0.1) is 0 Å². The number of benzene rings is 1. The first-order valence-electron chi connectivity index (χ1n) is 8.74. The summed E-state index contributed by atoms with van der Waals surface area (Å²) in [5.41, 5.74) is 2.77. The maximum absolute atomic E-state index is 10.8. The third kappa shape index (κ3) is 3.72. The molecule has 0 fully saturated rings. The Morgan fingerprint density at radius 2 is 2.18 bits per heavy atom. The number of carboxylic acid groups (broad SMARTS) is 1. The highest BCUT2D eigenvalue weighted by atomic mass is 16.5.